The van der Waals surface area contributed by atoms with Gasteiger partial charge in [0, 0.05) is 26.4 Å². The average molecular weight is 407 g/mol. The van der Waals surface area contributed by atoms with Crippen LogP contribution in [0.2, 0.25) is 0 Å². The van der Waals surface area contributed by atoms with Crippen LogP contribution >= 0.6 is 31.9 Å². The molecule has 0 spiro atoms. The summed E-state index contributed by atoms with van der Waals surface area (Å²) >= 11 is 7.11. The maximum absolute atomic E-state index is 4.71. The van der Waals surface area contributed by atoms with Crippen LogP contribution in [-0.2, 0) is 0 Å². The van der Waals surface area contributed by atoms with Gasteiger partial charge in [0.25, 0.3) is 0 Å². The summed E-state index contributed by atoms with van der Waals surface area (Å²) in [6.45, 7) is 2.87. The number of hydrogen-bond donors (Lipinski definition) is 1. The van der Waals surface area contributed by atoms with Gasteiger partial charge >= 0.3 is 0 Å². The lowest BCUT2D eigenvalue weighted by Crippen LogP contribution is -2.03. The van der Waals surface area contributed by atoms with Crippen LogP contribution in [-0.4, -0.2) is 16.5 Å². The lowest BCUT2D eigenvalue weighted by molar-refractivity contribution is 1.14. The Balaban J connectivity index is 2.29. The van der Waals surface area contributed by atoms with E-state index < -0.39 is 0 Å². The maximum atomic E-state index is 4.71. The average Bonchev–Trinajstić information content (AvgIpc) is 2.49. The first-order chi connectivity index (χ1) is 10.2. The molecular formula is C16H13Br2N3. The molecule has 1 heterocycles. The van der Waals surface area contributed by atoms with Crippen LogP contribution in [0.5, 0.6) is 0 Å². The van der Waals surface area contributed by atoms with E-state index in [4.69, 9.17) is 4.98 Å². The van der Waals surface area contributed by atoms with E-state index in [2.05, 4.69) is 49.1 Å². The fourth-order valence-electron chi connectivity index (χ4n) is 2.18. The summed E-state index contributed by atoms with van der Waals surface area (Å²) in [6, 6.07) is 14.0. The van der Waals surface area contributed by atoms with Crippen molar-refractivity contribution >= 4 is 48.6 Å². The molecule has 0 aliphatic carbocycles. The number of anilines is 1. The van der Waals surface area contributed by atoms with E-state index in [0.29, 0.717) is 0 Å². The Bertz CT molecular complexity index is 788. The molecule has 1 N–H and O–H groups in total. The molecule has 0 radical (unpaired) electrons. The van der Waals surface area contributed by atoms with Crippen molar-refractivity contribution in [1.82, 2.24) is 9.97 Å². The van der Waals surface area contributed by atoms with Gasteiger partial charge in [-0.05, 0) is 35.0 Å². The van der Waals surface area contributed by atoms with E-state index in [1.165, 1.54) is 0 Å². The molecule has 2 aromatic carbocycles. The molecule has 106 valence electrons. The Labute approximate surface area is 140 Å². The van der Waals surface area contributed by atoms with Gasteiger partial charge in [-0.2, -0.15) is 0 Å². The molecule has 21 heavy (non-hydrogen) atoms. The first kappa shape index (κ1) is 14.5. The summed E-state index contributed by atoms with van der Waals surface area (Å²) in [7, 11) is 0. The highest BCUT2D eigenvalue weighted by molar-refractivity contribution is 9.11. The number of halogens is 2. The highest BCUT2D eigenvalue weighted by atomic mass is 79.9. The van der Waals surface area contributed by atoms with Gasteiger partial charge in [-0.15, -0.1) is 0 Å². The lowest BCUT2D eigenvalue weighted by atomic mass is 10.2. The van der Waals surface area contributed by atoms with Crippen molar-refractivity contribution in [3.8, 4) is 11.4 Å². The Kier molecular flexibility index (Phi) is 4.22. The zero-order valence-corrected chi connectivity index (χ0v) is 14.6. The second-order valence-corrected chi connectivity index (χ2v) is 6.35. The molecule has 5 heteroatoms. The van der Waals surface area contributed by atoms with Crippen molar-refractivity contribution in [2.45, 2.75) is 6.92 Å². The van der Waals surface area contributed by atoms with Crippen molar-refractivity contribution in [1.29, 1.82) is 0 Å². The summed E-state index contributed by atoms with van der Waals surface area (Å²) in [5.74, 6) is 1.57. The van der Waals surface area contributed by atoms with E-state index in [-0.39, 0.29) is 0 Å². The lowest BCUT2D eigenvalue weighted by Gasteiger charge is -2.11. The van der Waals surface area contributed by atoms with Gasteiger partial charge in [-0.3, -0.25) is 0 Å². The summed E-state index contributed by atoms with van der Waals surface area (Å²) in [5.41, 5.74) is 1.91. The summed E-state index contributed by atoms with van der Waals surface area (Å²) in [5, 5.41) is 4.32. The topological polar surface area (TPSA) is 37.8 Å². The molecule has 0 bridgehead atoms. The Hall–Kier alpha value is -1.46. The predicted molar refractivity (Wildman–Crippen MR) is 94.5 cm³/mol. The van der Waals surface area contributed by atoms with Crippen molar-refractivity contribution in [2.24, 2.45) is 0 Å². The standard InChI is InChI=1S/C16H13Br2N3/c1-2-19-16-12-8-11(17)9-13(18)14(12)20-15(21-16)10-6-4-3-5-7-10/h3-9H,2H2,1H3,(H,19,20,21). The molecule has 1 aromatic heterocycles. The van der Waals surface area contributed by atoms with Crippen molar-refractivity contribution < 1.29 is 0 Å². The second kappa shape index (κ2) is 6.12. The van der Waals surface area contributed by atoms with E-state index in [1.807, 2.05) is 42.5 Å². The molecule has 0 saturated carbocycles. The minimum atomic E-state index is 0.724. The number of fused-ring (bicyclic) bond motifs is 1. The van der Waals surface area contributed by atoms with Gasteiger partial charge in [0.15, 0.2) is 5.82 Å². The number of nitrogens with zero attached hydrogens (tertiary/aromatic N) is 2. The number of aromatic nitrogens is 2. The Morgan fingerprint density at radius 1 is 1.05 bits per heavy atom. The van der Waals surface area contributed by atoms with E-state index in [1.54, 1.807) is 0 Å². The normalized spacial score (nSPS) is 10.8. The number of hydrogen-bond acceptors (Lipinski definition) is 3. The Morgan fingerprint density at radius 2 is 1.81 bits per heavy atom. The molecule has 3 rings (SSSR count). The van der Waals surface area contributed by atoms with Crippen molar-refractivity contribution in [3.63, 3.8) is 0 Å². The molecule has 0 unspecified atom stereocenters. The minimum Gasteiger partial charge on any atom is -0.370 e. The summed E-state index contributed by atoms with van der Waals surface area (Å²) in [4.78, 5) is 9.39. The summed E-state index contributed by atoms with van der Waals surface area (Å²) < 4.78 is 1.95. The minimum absolute atomic E-state index is 0.724. The first-order valence-corrected chi connectivity index (χ1v) is 8.23. The molecule has 0 fully saturated rings. The van der Waals surface area contributed by atoms with Crippen LogP contribution in [0.3, 0.4) is 0 Å². The quantitative estimate of drug-likeness (QED) is 0.645. The van der Waals surface area contributed by atoms with E-state index in [0.717, 1.165) is 43.6 Å². The van der Waals surface area contributed by atoms with Crippen LogP contribution in [0.15, 0.2) is 51.4 Å². The first-order valence-electron chi connectivity index (χ1n) is 6.65. The number of benzene rings is 2. The van der Waals surface area contributed by atoms with Crippen molar-refractivity contribution in [2.75, 3.05) is 11.9 Å². The van der Waals surface area contributed by atoms with E-state index in [9.17, 15) is 0 Å². The predicted octanol–water partition coefficient (Wildman–Crippen LogP) is 5.25. The molecule has 0 saturated heterocycles. The fraction of sp³-hybridized carbons (Fsp3) is 0.125. The zero-order chi connectivity index (χ0) is 14.8. The maximum Gasteiger partial charge on any atom is 0.162 e. The van der Waals surface area contributed by atoms with Crippen LogP contribution in [0.4, 0.5) is 5.82 Å². The second-order valence-electron chi connectivity index (χ2n) is 4.58. The Morgan fingerprint density at radius 3 is 2.52 bits per heavy atom. The van der Waals surface area contributed by atoms with Crippen LogP contribution < -0.4 is 5.32 Å². The van der Waals surface area contributed by atoms with E-state index >= 15 is 0 Å². The third-order valence-electron chi connectivity index (χ3n) is 3.09. The number of nitrogens with one attached hydrogen (secondary N) is 1. The van der Waals surface area contributed by atoms with Gasteiger partial charge in [0.05, 0.1) is 5.52 Å². The van der Waals surface area contributed by atoms with Crippen molar-refractivity contribution in [3.05, 3.63) is 51.4 Å². The zero-order valence-electron chi connectivity index (χ0n) is 11.4. The molecular weight excluding hydrogens is 394 g/mol. The summed E-state index contributed by atoms with van der Waals surface area (Å²) in [6.07, 6.45) is 0. The third-order valence-corrected chi connectivity index (χ3v) is 4.16. The molecule has 0 aliphatic heterocycles. The molecule has 3 nitrogen and oxygen atoms in total. The van der Waals surface area contributed by atoms with Crippen LogP contribution in [0, 0.1) is 0 Å². The SMILES string of the molecule is CCNc1nc(-c2ccccc2)nc2c(Br)cc(Br)cc12. The smallest absolute Gasteiger partial charge is 0.162 e. The molecule has 0 atom stereocenters. The van der Waals surface area contributed by atoms with Gasteiger partial charge in [-0.25, -0.2) is 9.97 Å². The highest BCUT2D eigenvalue weighted by Gasteiger charge is 2.12. The van der Waals surface area contributed by atoms with Gasteiger partial charge in [0.2, 0.25) is 0 Å². The fourth-order valence-corrected chi connectivity index (χ4v) is 3.49. The van der Waals surface area contributed by atoms with Gasteiger partial charge < -0.3 is 5.32 Å². The van der Waals surface area contributed by atoms with Gasteiger partial charge in [0.1, 0.15) is 5.82 Å². The molecule has 0 amide bonds. The number of rotatable bonds is 3. The van der Waals surface area contributed by atoms with Crippen LogP contribution in [0.25, 0.3) is 22.3 Å². The third kappa shape index (κ3) is 2.94. The molecule has 0 aliphatic rings. The van der Waals surface area contributed by atoms with Gasteiger partial charge in [-0.1, -0.05) is 46.3 Å². The molecule has 3 aromatic rings. The largest absolute Gasteiger partial charge is 0.370 e. The highest BCUT2D eigenvalue weighted by Crippen LogP contribution is 2.32. The monoisotopic (exact) mass is 405 g/mol. The van der Waals surface area contributed by atoms with Crippen LogP contribution in [0.1, 0.15) is 6.92 Å².